The second kappa shape index (κ2) is 7.07. The Morgan fingerprint density at radius 1 is 1.18 bits per heavy atom. The lowest BCUT2D eigenvalue weighted by Crippen LogP contribution is -2.25. The Kier molecular flexibility index (Phi) is 5.70. The van der Waals surface area contributed by atoms with Gasteiger partial charge in [-0.1, -0.05) is 38.1 Å². The Hall–Kier alpha value is -1.35. The summed E-state index contributed by atoms with van der Waals surface area (Å²) < 4.78 is 0. The number of hydrogen-bond donors (Lipinski definition) is 1. The van der Waals surface area contributed by atoms with E-state index in [1.54, 1.807) is 0 Å². The first-order valence-corrected chi connectivity index (χ1v) is 6.17. The summed E-state index contributed by atoms with van der Waals surface area (Å²) >= 11 is 0. The standard InChI is InChI=1S/C14H21NO2/c1-3-12-5-7-13(8-6-12)11-15(4-2)10-9-14(16)17/h5-8H,3-4,9-11H2,1-2H3,(H,16,17). The number of benzene rings is 1. The molecule has 0 unspecified atom stereocenters. The molecule has 0 aromatic heterocycles. The number of carbonyl (C=O) groups is 1. The van der Waals surface area contributed by atoms with Crippen LogP contribution in [-0.2, 0) is 17.8 Å². The van der Waals surface area contributed by atoms with Crippen LogP contribution in [0.4, 0.5) is 0 Å². The minimum Gasteiger partial charge on any atom is -0.481 e. The molecule has 17 heavy (non-hydrogen) atoms. The third-order valence-corrected chi connectivity index (χ3v) is 2.93. The summed E-state index contributed by atoms with van der Waals surface area (Å²) in [4.78, 5) is 12.7. The van der Waals surface area contributed by atoms with Crippen molar-refractivity contribution in [2.75, 3.05) is 13.1 Å². The van der Waals surface area contributed by atoms with Crippen molar-refractivity contribution in [3.05, 3.63) is 35.4 Å². The van der Waals surface area contributed by atoms with Crippen LogP contribution in [0.3, 0.4) is 0 Å². The zero-order chi connectivity index (χ0) is 12.7. The van der Waals surface area contributed by atoms with Gasteiger partial charge in [0.15, 0.2) is 0 Å². The van der Waals surface area contributed by atoms with E-state index in [1.165, 1.54) is 11.1 Å². The van der Waals surface area contributed by atoms with Crippen molar-refractivity contribution in [3.8, 4) is 0 Å². The molecular formula is C14H21NO2. The fourth-order valence-electron chi connectivity index (χ4n) is 1.74. The van der Waals surface area contributed by atoms with Gasteiger partial charge in [0, 0.05) is 13.1 Å². The van der Waals surface area contributed by atoms with Crippen LogP contribution in [0.5, 0.6) is 0 Å². The van der Waals surface area contributed by atoms with Gasteiger partial charge in [-0.25, -0.2) is 0 Å². The predicted molar refractivity (Wildman–Crippen MR) is 69.0 cm³/mol. The molecule has 0 fully saturated rings. The lowest BCUT2D eigenvalue weighted by Gasteiger charge is -2.19. The number of aliphatic carboxylic acids is 1. The molecule has 0 saturated heterocycles. The van der Waals surface area contributed by atoms with Gasteiger partial charge in [0.05, 0.1) is 6.42 Å². The summed E-state index contributed by atoms with van der Waals surface area (Å²) in [5, 5.41) is 8.67. The van der Waals surface area contributed by atoms with Crippen LogP contribution in [0, 0.1) is 0 Å². The molecule has 0 aliphatic carbocycles. The van der Waals surface area contributed by atoms with E-state index in [4.69, 9.17) is 5.11 Å². The average Bonchev–Trinajstić information content (AvgIpc) is 2.35. The normalized spacial score (nSPS) is 10.8. The number of hydrogen-bond acceptors (Lipinski definition) is 2. The van der Waals surface area contributed by atoms with E-state index in [0.29, 0.717) is 6.54 Å². The van der Waals surface area contributed by atoms with Crippen molar-refractivity contribution in [1.29, 1.82) is 0 Å². The fraction of sp³-hybridized carbons (Fsp3) is 0.500. The van der Waals surface area contributed by atoms with Gasteiger partial charge >= 0.3 is 5.97 Å². The summed E-state index contributed by atoms with van der Waals surface area (Å²) in [6, 6.07) is 8.53. The molecule has 0 bridgehead atoms. The molecule has 3 heteroatoms. The average molecular weight is 235 g/mol. The van der Waals surface area contributed by atoms with Crippen LogP contribution in [0.2, 0.25) is 0 Å². The molecule has 0 aliphatic heterocycles. The van der Waals surface area contributed by atoms with Crippen LogP contribution < -0.4 is 0 Å². The van der Waals surface area contributed by atoms with Crippen LogP contribution >= 0.6 is 0 Å². The van der Waals surface area contributed by atoms with E-state index in [1.807, 2.05) is 0 Å². The molecular weight excluding hydrogens is 214 g/mol. The van der Waals surface area contributed by atoms with Crippen LogP contribution in [0.25, 0.3) is 0 Å². The molecule has 1 aromatic carbocycles. The fourth-order valence-corrected chi connectivity index (χ4v) is 1.74. The highest BCUT2D eigenvalue weighted by atomic mass is 16.4. The predicted octanol–water partition coefficient (Wildman–Crippen LogP) is 2.55. The first-order chi connectivity index (χ1) is 8.15. The molecule has 1 rings (SSSR count). The maximum atomic E-state index is 10.5. The summed E-state index contributed by atoms with van der Waals surface area (Å²) in [5.74, 6) is -0.732. The van der Waals surface area contributed by atoms with Gasteiger partial charge in [0.2, 0.25) is 0 Å². The molecule has 1 aromatic rings. The quantitative estimate of drug-likeness (QED) is 0.789. The Morgan fingerprint density at radius 3 is 2.24 bits per heavy atom. The van der Waals surface area contributed by atoms with Crippen molar-refractivity contribution in [1.82, 2.24) is 4.90 Å². The van der Waals surface area contributed by atoms with Crippen LogP contribution in [-0.4, -0.2) is 29.1 Å². The minimum atomic E-state index is -0.732. The van der Waals surface area contributed by atoms with E-state index in [-0.39, 0.29) is 6.42 Å². The highest BCUT2D eigenvalue weighted by Gasteiger charge is 2.06. The number of aryl methyl sites for hydroxylation is 1. The third kappa shape index (κ3) is 5.00. The molecule has 0 heterocycles. The smallest absolute Gasteiger partial charge is 0.304 e. The first kappa shape index (κ1) is 13.7. The molecule has 3 nitrogen and oxygen atoms in total. The van der Waals surface area contributed by atoms with Crippen molar-refractivity contribution >= 4 is 5.97 Å². The molecule has 0 amide bonds. The Bertz CT molecular complexity index is 346. The van der Waals surface area contributed by atoms with Crippen molar-refractivity contribution < 1.29 is 9.90 Å². The highest BCUT2D eigenvalue weighted by Crippen LogP contribution is 2.08. The van der Waals surface area contributed by atoms with Gasteiger partial charge in [0.25, 0.3) is 0 Å². The molecule has 0 saturated carbocycles. The summed E-state index contributed by atoms with van der Waals surface area (Å²) in [6.07, 6.45) is 1.26. The molecule has 94 valence electrons. The van der Waals surface area contributed by atoms with Crippen molar-refractivity contribution in [2.24, 2.45) is 0 Å². The van der Waals surface area contributed by atoms with Gasteiger partial charge in [-0.3, -0.25) is 9.69 Å². The summed E-state index contributed by atoms with van der Waals surface area (Å²) in [7, 11) is 0. The SMILES string of the molecule is CCc1ccc(CN(CC)CCC(=O)O)cc1. The number of carboxylic acids is 1. The Morgan fingerprint density at radius 2 is 1.76 bits per heavy atom. The lowest BCUT2D eigenvalue weighted by molar-refractivity contribution is -0.137. The second-order valence-electron chi connectivity index (χ2n) is 4.18. The number of rotatable bonds is 7. The van der Waals surface area contributed by atoms with Crippen molar-refractivity contribution in [2.45, 2.75) is 33.2 Å². The van der Waals surface area contributed by atoms with E-state index in [2.05, 4.69) is 43.0 Å². The van der Waals surface area contributed by atoms with E-state index in [9.17, 15) is 4.79 Å². The van der Waals surface area contributed by atoms with E-state index >= 15 is 0 Å². The van der Waals surface area contributed by atoms with Crippen LogP contribution in [0.15, 0.2) is 24.3 Å². The Labute approximate surface area is 103 Å². The lowest BCUT2D eigenvalue weighted by atomic mass is 10.1. The molecule has 0 spiro atoms. The summed E-state index contributed by atoms with van der Waals surface area (Å²) in [5.41, 5.74) is 2.58. The molecule has 0 atom stereocenters. The highest BCUT2D eigenvalue weighted by molar-refractivity contribution is 5.66. The maximum absolute atomic E-state index is 10.5. The number of nitrogens with zero attached hydrogens (tertiary/aromatic N) is 1. The first-order valence-electron chi connectivity index (χ1n) is 6.17. The molecule has 0 radical (unpaired) electrons. The monoisotopic (exact) mass is 235 g/mol. The molecule has 1 N–H and O–H groups in total. The minimum absolute atomic E-state index is 0.209. The van der Waals surface area contributed by atoms with Gasteiger partial charge in [-0.05, 0) is 24.1 Å². The topological polar surface area (TPSA) is 40.5 Å². The maximum Gasteiger partial charge on any atom is 0.304 e. The van der Waals surface area contributed by atoms with Gasteiger partial charge in [0.1, 0.15) is 0 Å². The van der Waals surface area contributed by atoms with Gasteiger partial charge < -0.3 is 5.11 Å². The number of carboxylic acid groups (broad SMARTS) is 1. The zero-order valence-corrected chi connectivity index (χ0v) is 10.6. The van der Waals surface area contributed by atoms with Gasteiger partial charge in [-0.2, -0.15) is 0 Å². The zero-order valence-electron chi connectivity index (χ0n) is 10.6. The van der Waals surface area contributed by atoms with Crippen molar-refractivity contribution in [3.63, 3.8) is 0 Å². The molecule has 0 aliphatic rings. The second-order valence-corrected chi connectivity index (χ2v) is 4.18. The van der Waals surface area contributed by atoms with E-state index in [0.717, 1.165) is 19.5 Å². The Balaban J connectivity index is 2.51. The van der Waals surface area contributed by atoms with E-state index < -0.39 is 5.97 Å². The largest absolute Gasteiger partial charge is 0.481 e. The third-order valence-electron chi connectivity index (χ3n) is 2.93. The van der Waals surface area contributed by atoms with Crippen LogP contribution in [0.1, 0.15) is 31.4 Å². The van der Waals surface area contributed by atoms with Gasteiger partial charge in [-0.15, -0.1) is 0 Å². The summed E-state index contributed by atoms with van der Waals surface area (Å²) in [6.45, 7) is 6.51.